The summed E-state index contributed by atoms with van der Waals surface area (Å²) in [5, 5.41) is 9.05. The Balaban J connectivity index is 2.33. The molecule has 0 fully saturated rings. The highest BCUT2D eigenvalue weighted by atomic mass is 79.9. The van der Waals surface area contributed by atoms with Crippen LogP contribution in [-0.2, 0) is 7.05 Å². The fourth-order valence-electron chi connectivity index (χ4n) is 2.16. The van der Waals surface area contributed by atoms with Gasteiger partial charge in [-0.3, -0.25) is 4.68 Å². The molecule has 0 saturated heterocycles. The highest BCUT2D eigenvalue weighted by molar-refractivity contribution is 9.10. The first-order chi connectivity index (χ1) is 9.51. The van der Waals surface area contributed by atoms with E-state index in [1.165, 1.54) is 10.5 Å². The molecular weight excluding hydrogens is 334 g/mol. The maximum absolute atomic E-state index is 4.41. The van der Waals surface area contributed by atoms with Crippen LogP contribution in [0.2, 0.25) is 0 Å². The predicted octanol–water partition coefficient (Wildman–Crippen LogP) is 4.31. The summed E-state index contributed by atoms with van der Waals surface area (Å²) in [7, 11) is 1.99. The predicted molar refractivity (Wildman–Crippen MR) is 88.3 cm³/mol. The van der Waals surface area contributed by atoms with Gasteiger partial charge < -0.3 is 5.32 Å². The third-order valence-electron chi connectivity index (χ3n) is 3.12. The molecule has 3 nitrogen and oxygen atoms in total. The molecule has 5 heteroatoms. The van der Waals surface area contributed by atoms with Gasteiger partial charge in [-0.15, -0.1) is 0 Å². The van der Waals surface area contributed by atoms with Crippen molar-refractivity contribution in [3.63, 3.8) is 0 Å². The number of aryl methyl sites for hydroxylation is 2. The molecule has 0 aliphatic rings. The smallest absolute Gasteiger partial charge is 0.0987 e. The van der Waals surface area contributed by atoms with Gasteiger partial charge in [-0.1, -0.05) is 34.6 Å². The number of nitrogens with zero attached hydrogens (tertiary/aromatic N) is 2. The third-order valence-corrected chi connectivity index (χ3v) is 4.80. The van der Waals surface area contributed by atoms with Crippen LogP contribution in [0, 0.1) is 6.92 Å². The second-order valence-corrected chi connectivity index (χ2v) is 6.79. The minimum atomic E-state index is 0.328. The van der Waals surface area contributed by atoms with Crippen molar-refractivity contribution in [3.8, 4) is 0 Å². The molecule has 2 rings (SSSR count). The number of aromatic nitrogens is 2. The fraction of sp³-hybridized carbons (Fsp3) is 0.400. The molecule has 20 heavy (non-hydrogen) atoms. The van der Waals surface area contributed by atoms with Crippen molar-refractivity contribution in [2.24, 2.45) is 7.05 Å². The molecule has 0 radical (unpaired) electrons. The Kier molecular flexibility index (Phi) is 5.29. The Morgan fingerprint density at radius 2 is 2.15 bits per heavy atom. The van der Waals surface area contributed by atoms with Crippen molar-refractivity contribution in [1.29, 1.82) is 0 Å². The van der Waals surface area contributed by atoms with Gasteiger partial charge in [0.25, 0.3) is 0 Å². The van der Waals surface area contributed by atoms with Gasteiger partial charge in [-0.2, -0.15) is 5.10 Å². The Morgan fingerprint density at radius 1 is 1.40 bits per heavy atom. The standard InChI is InChI=1S/C15H20BrN3S/c1-5-17-11(3)13-9-12(16)6-7-14(13)20-15-8-10(2)18-19(15)4/h6-9,11,17H,5H2,1-4H3. The molecule has 1 heterocycles. The number of benzene rings is 1. The number of hydrogen-bond donors (Lipinski definition) is 1. The topological polar surface area (TPSA) is 29.9 Å². The summed E-state index contributed by atoms with van der Waals surface area (Å²) in [6, 6.07) is 8.90. The minimum absolute atomic E-state index is 0.328. The monoisotopic (exact) mass is 353 g/mol. The lowest BCUT2D eigenvalue weighted by atomic mass is 10.1. The van der Waals surface area contributed by atoms with Crippen LogP contribution in [0.3, 0.4) is 0 Å². The molecule has 0 saturated carbocycles. The molecule has 1 N–H and O–H groups in total. The van der Waals surface area contributed by atoms with Crippen molar-refractivity contribution in [3.05, 3.63) is 40.0 Å². The zero-order valence-corrected chi connectivity index (χ0v) is 14.7. The lowest BCUT2D eigenvalue weighted by Crippen LogP contribution is -2.18. The molecule has 0 aliphatic carbocycles. The molecule has 0 spiro atoms. The van der Waals surface area contributed by atoms with Crippen molar-refractivity contribution >= 4 is 27.7 Å². The average Bonchev–Trinajstić information content (AvgIpc) is 2.70. The molecule has 1 aromatic carbocycles. The van der Waals surface area contributed by atoms with Crippen LogP contribution in [-0.4, -0.2) is 16.3 Å². The van der Waals surface area contributed by atoms with Gasteiger partial charge in [-0.25, -0.2) is 0 Å². The van der Waals surface area contributed by atoms with Gasteiger partial charge in [0, 0.05) is 22.5 Å². The summed E-state index contributed by atoms with van der Waals surface area (Å²) in [6.45, 7) is 7.31. The van der Waals surface area contributed by atoms with Crippen molar-refractivity contribution < 1.29 is 0 Å². The van der Waals surface area contributed by atoms with E-state index in [9.17, 15) is 0 Å². The van der Waals surface area contributed by atoms with Gasteiger partial charge in [0.1, 0.15) is 0 Å². The second-order valence-electron chi connectivity index (χ2n) is 4.81. The molecule has 1 unspecified atom stereocenters. The van der Waals surface area contributed by atoms with E-state index in [1.54, 1.807) is 11.8 Å². The molecule has 0 aliphatic heterocycles. The summed E-state index contributed by atoms with van der Waals surface area (Å²) in [4.78, 5) is 1.27. The maximum atomic E-state index is 4.41. The quantitative estimate of drug-likeness (QED) is 0.868. The maximum Gasteiger partial charge on any atom is 0.0987 e. The van der Waals surface area contributed by atoms with Crippen LogP contribution in [0.25, 0.3) is 0 Å². The van der Waals surface area contributed by atoms with E-state index in [-0.39, 0.29) is 0 Å². The van der Waals surface area contributed by atoms with Crippen molar-refractivity contribution in [1.82, 2.24) is 15.1 Å². The van der Waals surface area contributed by atoms with E-state index in [1.807, 2.05) is 18.7 Å². The van der Waals surface area contributed by atoms with Crippen molar-refractivity contribution in [2.45, 2.75) is 36.7 Å². The zero-order chi connectivity index (χ0) is 14.7. The zero-order valence-electron chi connectivity index (χ0n) is 12.3. The second kappa shape index (κ2) is 6.78. The Bertz CT molecular complexity index is 595. The largest absolute Gasteiger partial charge is 0.310 e. The fourth-order valence-corrected chi connectivity index (χ4v) is 3.66. The first kappa shape index (κ1) is 15.6. The number of rotatable bonds is 5. The molecule has 108 valence electrons. The molecule has 0 bridgehead atoms. The molecular formula is C15H20BrN3S. The minimum Gasteiger partial charge on any atom is -0.310 e. The Labute approximate surface area is 133 Å². The number of nitrogens with one attached hydrogen (secondary N) is 1. The first-order valence-corrected chi connectivity index (χ1v) is 8.33. The summed E-state index contributed by atoms with van der Waals surface area (Å²) in [5.41, 5.74) is 2.36. The van der Waals surface area contributed by atoms with Gasteiger partial charge in [0.05, 0.1) is 10.7 Å². The van der Waals surface area contributed by atoms with Crippen LogP contribution in [0.4, 0.5) is 0 Å². The lowest BCUT2D eigenvalue weighted by Gasteiger charge is -2.17. The Hall–Kier alpha value is -0.780. The van der Waals surface area contributed by atoms with Crippen LogP contribution in [0.15, 0.2) is 38.7 Å². The Morgan fingerprint density at radius 3 is 2.75 bits per heavy atom. The van der Waals surface area contributed by atoms with Gasteiger partial charge in [0.2, 0.25) is 0 Å². The molecule has 1 aromatic heterocycles. The third kappa shape index (κ3) is 3.65. The van der Waals surface area contributed by atoms with Crippen LogP contribution < -0.4 is 5.32 Å². The normalized spacial score (nSPS) is 12.7. The van der Waals surface area contributed by atoms with Gasteiger partial charge >= 0.3 is 0 Å². The van der Waals surface area contributed by atoms with E-state index in [4.69, 9.17) is 0 Å². The summed E-state index contributed by atoms with van der Waals surface area (Å²) in [6.07, 6.45) is 0. The molecule has 2 aromatic rings. The van der Waals surface area contributed by atoms with E-state index in [2.05, 4.69) is 64.5 Å². The van der Waals surface area contributed by atoms with Crippen LogP contribution >= 0.6 is 27.7 Å². The summed E-state index contributed by atoms with van der Waals surface area (Å²) < 4.78 is 3.05. The van der Waals surface area contributed by atoms with E-state index < -0.39 is 0 Å². The van der Waals surface area contributed by atoms with Crippen LogP contribution in [0.5, 0.6) is 0 Å². The molecule has 0 amide bonds. The SMILES string of the molecule is CCNC(C)c1cc(Br)ccc1Sc1cc(C)nn1C. The lowest BCUT2D eigenvalue weighted by molar-refractivity contribution is 0.589. The summed E-state index contributed by atoms with van der Waals surface area (Å²) in [5.74, 6) is 0. The molecule has 1 atom stereocenters. The van der Waals surface area contributed by atoms with Crippen molar-refractivity contribution in [2.75, 3.05) is 6.54 Å². The van der Waals surface area contributed by atoms with Crippen LogP contribution in [0.1, 0.15) is 31.1 Å². The first-order valence-electron chi connectivity index (χ1n) is 6.72. The average molecular weight is 354 g/mol. The van der Waals surface area contributed by atoms with E-state index >= 15 is 0 Å². The van der Waals surface area contributed by atoms with Gasteiger partial charge in [0.15, 0.2) is 0 Å². The highest BCUT2D eigenvalue weighted by Gasteiger charge is 2.13. The van der Waals surface area contributed by atoms with Gasteiger partial charge in [-0.05, 0) is 50.2 Å². The van der Waals surface area contributed by atoms with E-state index in [0.29, 0.717) is 6.04 Å². The number of hydrogen-bond acceptors (Lipinski definition) is 3. The highest BCUT2D eigenvalue weighted by Crippen LogP contribution is 2.35. The number of halogens is 1. The van der Waals surface area contributed by atoms with E-state index in [0.717, 1.165) is 21.7 Å². The summed E-state index contributed by atoms with van der Waals surface area (Å²) >= 11 is 5.33.